The zero-order chi connectivity index (χ0) is 9.10. The molecule has 1 saturated heterocycles. The first kappa shape index (κ1) is 8.65. The molecule has 1 atom stereocenters. The molecule has 1 aromatic rings. The van der Waals surface area contributed by atoms with Crippen molar-refractivity contribution in [3.63, 3.8) is 0 Å². The first-order chi connectivity index (χ1) is 6.34. The van der Waals surface area contributed by atoms with Gasteiger partial charge in [-0.25, -0.2) is 0 Å². The van der Waals surface area contributed by atoms with Gasteiger partial charge < -0.3 is 10.3 Å². The van der Waals surface area contributed by atoms with Gasteiger partial charge in [0, 0.05) is 12.6 Å². The minimum Gasteiger partial charge on any atom is -0.343 e. The van der Waals surface area contributed by atoms with Gasteiger partial charge in [-0.1, -0.05) is 5.16 Å². The molecule has 0 amide bonds. The molecule has 0 bridgehead atoms. The number of piperidine rings is 1. The second-order valence-corrected chi connectivity index (χ2v) is 3.48. The Kier molecular flexibility index (Phi) is 2.56. The Hall–Kier alpha value is -0.940. The highest BCUT2D eigenvalue weighted by molar-refractivity contribution is 4.82. The fourth-order valence-corrected chi connectivity index (χ4v) is 1.70. The van der Waals surface area contributed by atoms with E-state index in [1.165, 1.54) is 12.8 Å². The second-order valence-electron chi connectivity index (χ2n) is 3.48. The van der Waals surface area contributed by atoms with Crippen molar-refractivity contribution >= 4 is 0 Å². The molecular weight excluding hydrogens is 168 g/mol. The fraction of sp³-hybridized carbons (Fsp3) is 0.750. The molecule has 1 unspecified atom stereocenters. The first-order valence-corrected chi connectivity index (χ1v) is 4.58. The van der Waals surface area contributed by atoms with E-state index in [4.69, 9.17) is 5.73 Å². The van der Waals surface area contributed by atoms with Crippen LogP contribution in [0.15, 0.2) is 10.9 Å². The zero-order valence-electron chi connectivity index (χ0n) is 7.52. The van der Waals surface area contributed by atoms with Crippen molar-refractivity contribution in [2.24, 2.45) is 5.73 Å². The van der Waals surface area contributed by atoms with Crippen LogP contribution < -0.4 is 5.73 Å². The molecule has 0 saturated carbocycles. The average Bonchev–Trinajstić information content (AvgIpc) is 2.57. The Morgan fingerprint density at radius 1 is 1.69 bits per heavy atom. The molecule has 1 aliphatic heterocycles. The predicted molar refractivity (Wildman–Crippen MR) is 46.8 cm³/mol. The summed E-state index contributed by atoms with van der Waals surface area (Å²) in [7, 11) is 0. The minimum absolute atomic E-state index is 0.306. The molecule has 0 spiro atoms. The topological polar surface area (TPSA) is 68.2 Å². The van der Waals surface area contributed by atoms with Crippen molar-refractivity contribution in [1.29, 1.82) is 0 Å². The maximum absolute atomic E-state index is 5.85. The van der Waals surface area contributed by atoms with E-state index in [2.05, 4.69) is 19.6 Å². The third kappa shape index (κ3) is 2.26. The summed E-state index contributed by atoms with van der Waals surface area (Å²) >= 11 is 0. The van der Waals surface area contributed by atoms with Crippen LogP contribution in [0.4, 0.5) is 0 Å². The molecule has 2 heterocycles. The van der Waals surface area contributed by atoms with E-state index in [0.717, 1.165) is 31.9 Å². The molecule has 5 nitrogen and oxygen atoms in total. The SMILES string of the molecule is NC1CCCN(Cc2ncon2)C1. The average molecular weight is 182 g/mol. The Bertz CT molecular complexity index is 249. The molecule has 2 rings (SSSR count). The van der Waals surface area contributed by atoms with Gasteiger partial charge in [-0.2, -0.15) is 4.98 Å². The molecular formula is C8H14N4O. The van der Waals surface area contributed by atoms with Crippen LogP contribution >= 0.6 is 0 Å². The number of rotatable bonds is 2. The van der Waals surface area contributed by atoms with Gasteiger partial charge in [0.05, 0.1) is 6.54 Å². The lowest BCUT2D eigenvalue weighted by Gasteiger charge is -2.29. The lowest BCUT2D eigenvalue weighted by Crippen LogP contribution is -2.42. The van der Waals surface area contributed by atoms with Gasteiger partial charge in [-0.15, -0.1) is 0 Å². The highest BCUT2D eigenvalue weighted by Gasteiger charge is 2.17. The van der Waals surface area contributed by atoms with E-state index in [9.17, 15) is 0 Å². The molecule has 5 heteroatoms. The molecule has 72 valence electrons. The quantitative estimate of drug-likeness (QED) is 0.696. The van der Waals surface area contributed by atoms with Crippen LogP contribution in [0.1, 0.15) is 18.7 Å². The van der Waals surface area contributed by atoms with Crippen molar-refractivity contribution in [3.8, 4) is 0 Å². The van der Waals surface area contributed by atoms with Crippen LogP contribution in [0.5, 0.6) is 0 Å². The highest BCUT2D eigenvalue weighted by atomic mass is 16.5. The lowest BCUT2D eigenvalue weighted by molar-refractivity contribution is 0.195. The monoisotopic (exact) mass is 182 g/mol. The summed E-state index contributed by atoms with van der Waals surface area (Å²) in [6.07, 6.45) is 3.65. The van der Waals surface area contributed by atoms with Crippen molar-refractivity contribution in [2.75, 3.05) is 13.1 Å². The normalized spacial score (nSPS) is 24.8. The predicted octanol–water partition coefficient (Wildman–Crippen LogP) is -0.00730. The van der Waals surface area contributed by atoms with E-state index in [1.807, 2.05) is 0 Å². The minimum atomic E-state index is 0.306. The third-order valence-corrected chi connectivity index (χ3v) is 2.31. The van der Waals surface area contributed by atoms with Crippen LogP contribution in [-0.4, -0.2) is 34.2 Å². The summed E-state index contributed by atoms with van der Waals surface area (Å²) in [4.78, 5) is 6.24. The van der Waals surface area contributed by atoms with Crippen LogP contribution in [0.25, 0.3) is 0 Å². The van der Waals surface area contributed by atoms with Gasteiger partial charge in [0.15, 0.2) is 5.82 Å². The van der Waals surface area contributed by atoms with Gasteiger partial charge in [-0.05, 0) is 19.4 Å². The van der Waals surface area contributed by atoms with Crippen molar-refractivity contribution < 1.29 is 4.52 Å². The molecule has 2 N–H and O–H groups in total. The summed E-state index contributed by atoms with van der Waals surface area (Å²) < 4.78 is 4.66. The molecule has 0 radical (unpaired) electrons. The van der Waals surface area contributed by atoms with Gasteiger partial charge in [0.2, 0.25) is 6.39 Å². The van der Waals surface area contributed by atoms with Crippen molar-refractivity contribution in [1.82, 2.24) is 15.0 Å². The summed E-state index contributed by atoms with van der Waals surface area (Å²) in [5.41, 5.74) is 5.85. The number of nitrogens with zero attached hydrogens (tertiary/aromatic N) is 3. The number of nitrogens with two attached hydrogens (primary N) is 1. The lowest BCUT2D eigenvalue weighted by atomic mass is 10.1. The molecule has 0 aromatic carbocycles. The summed E-state index contributed by atoms with van der Waals surface area (Å²) in [6, 6.07) is 0.306. The van der Waals surface area contributed by atoms with E-state index >= 15 is 0 Å². The summed E-state index contributed by atoms with van der Waals surface area (Å²) in [5.74, 6) is 0.745. The summed E-state index contributed by atoms with van der Waals surface area (Å²) in [5, 5.41) is 3.77. The smallest absolute Gasteiger partial charge is 0.213 e. The highest BCUT2D eigenvalue weighted by Crippen LogP contribution is 2.10. The molecule has 13 heavy (non-hydrogen) atoms. The van der Waals surface area contributed by atoms with E-state index in [0.29, 0.717) is 6.04 Å². The molecule has 1 fully saturated rings. The van der Waals surface area contributed by atoms with E-state index in [1.54, 1.807) is 0 Å². The zero-order valence-corrected chi connectivity index (χ0v) is 7.52. The van der Waals surface area contributed by atoms with Crippen LogP contribution in [0.3, 0.4) is 0 Å². The Morgan fingerprint density at radius 3 is 3.31 bits per heavy atom. The Morgan fingerprint density at radius 2 is 2.62 bits per heavy atom. The number of hydrogen-bond acceptors (Lipinski definition) is 5. The molecule has 1 aromatic heterocycles. The third-order valence-electron chi connectivity index (χ3n) is 2.31. The summed E-state index contributed by atoms with van der Waals surface area (Å²) in [6.45, 7) is 2.78. The van der Waals surface area contributed by atoms with Crippen molar-refractivity contribution in [2.45, 2.75) is 25.4 Å². The van der Waals surface area contributed by atoms with Crippen LogP contribution in [-0.2, 0) is 6.54 Å². The van der Waals surface area contributed by atoms with Crippen molar-refractivity contribution in [3.05, 3.63) is 12.2 Å². The Balaban J connectivity index is 1.87. The van der Waals surface area contributed by atoms with Crippen LogP contribution in [0.2, 0.25) is 0 Å². The van der Waals surface area contributed by atoms with Gasteiger partial charge in [0.1, 0.15) is 0 Å². The van der Waals surface area contributed by atoms with Gasteiger partial charge in [0.25, 0.3) is 0 Å². The second kappa shape index (κ2) is 3.85. The number of aromatic nitrogens is 2. The standard InChI is InChI=1S/C8H14N4O/c9-7-2-1-3-12(4-7)5-8-10-6-13-11-8/h6-7H,1-5,9H2. The van der Waals surface area contributed by atoms with E-state index in [-0.39, 0.29) is 0 Å². The molecule has 1 aliphatic rings. The first-order valence-electron chi connectivity index (χ1n) is 4.58. The fourth-order valence-electron chi connectivity index (χ4n) is 1.70. The van der Waals surface area contributed by atoms with Gasteiger partial charge >= 0.3 is 0 Å². The maximum atomic E-state index is 5.85. The maximum Gasteiger partial charge on any atom is 0.213 e. The number of likely N-dealkylation sites (tertiary alicyclic amines) is 1. The Labute approximate surface area is 76.9 Å². The largest absolute Gasteiger partial charge is 0.343 e. The van der Waals surface area contributed by atoms with Crippen LogP contribution in [0, 0.1) is 0 Å². The van der Waals surface area contributed by atoms with Gasteiger partial charge in [-0.3, -0.25) is 4.90 Å². The van der Waals surface area contributed by atoms with E-state index < -0.39 is 0 Å². The number of hydrogen-bond donors (Lipinski definition) is 1. The molecule has 0 aliphatic carbocycles.